The normalized spacial score (nSPS) is 12.0. The fourth-order valence-corrected chi connectivity index (χ4v) is 3.14. The van der Waals surface area contributed by atoms with Gasteiger partial charge in [-0.2, -0.15) is 5.26 Å². The number of allylic oxidation sites excluding steroid dienone is 1. The summed E-state index contributed by atoms with van der Waals surface area (Å²) in [5, 5.41) is 19.8. The second-order valence-electron chi connectivity index (χ2n) is 6.65. The Morgan fingerprint density at radius 1 is 1.17 bits per heavy atom. The van der Waals surface area contributed by atoms with Crippen molar-refractivity contribution in [3.8, 4) is 6.07 Å². The van der Waals surface area contributed by atoms with Crippen LogP contribution in [0.2, 0.25) is 0 Å². The van der Waals surface area contributed by atoms with Gasteiger partial charge >= 0.3 is 5.97 Å². The van der Waals surface area contributed by atoms with Gasteiger partial charge in [0, 0.05) is 13.5 Å². The van der Waals surface area contributed by atoms with Crippen LogP contribution in [-0.4, -0.2) is 32.2 Å². The van der Waals surface area contributed by atoms with Crippen LogP contribution in [0.4, 0.5) is 0 Å². The van der Waals surface area contributed by atoms with Gasteiger partial charge in [-0.25, -0.2) is 9.97 Å². The van der Waals surface area contributed by atoms with Gasteiger partial charge in [0.05, 0.1) is 17.5 Å². The maximum atomic E-state index is 12.1. The summed E-state index contributed by atoms with van der Waals surface area (Å²) >= 11 is 0. The van der Waals surface area contributed by atoms with Gasteiger partial charge in [-0.3, -0.25) is 4.79 Å². The zero-order chi connectivity index (χ0) is 21.1. The molecular weight excluding hydrogens is 384 g/mol. The summed E-state index contributed by atoms with van der Waals surface area (Å²) in [6, 6.07) is 16.7. The molecular formula is C22H18N4O4. The van der Waals surface area contributed by atoms with Crippen molar-refractivity contribution in [3.05, 3.63) is 66.0 Å². The number of oxazole rings is 1. The van der Waals surface area contributed by atoms with Gasteiger partial charge in [0.25, 0.3) is 0 Å². The van der Waals surface area contributed by atoms with E-state index in [4.69, 9.17) is 9.15 Å². The number of benzene rings is 2. The predicted octanol–water partition coefficient (Wildman–Crippen LogP) is 3.68. The summed E-state index contributed by atoms with van der Waals surface area (Å²) in [5.74, 6) is -0.152. The van der Waals surface area contributed by atoms with Crippen molar-refractivity contribution < 1.29 is 19.1 Å². The number of carbonyl (C=O) groups is 1. The molecule has 8 nitrogen and oxygen atoms in total. The van der Waals surface area contributed by atoms with E-state index in [9.17, 15) is 15.2 Å². The third-order valence-electron chi connectivity index (χ3n) is 4.66. The second-order valence-corrected chi connectivity index (χ2v) is 6.65. The molecule has 0 saturated heterocycles. The zero-order valence-electron chi connectivity index (χ0n) is 16.2. The number of hydrogen-bond acceptors (Lipinski definition) is 7. The number of aliphatic hydroxyl groups excluding tert-OH is 1. The Morgan fingerprint density at radius 3 is 2.63 bits per heavy atom. The van der Waals surface area contributed by atoms with Gasteiger partial charge in [0.15, 0.2) is 23.1 Å². The highest BCUT2D eigenvalue weighted by Crippen LogP contribution is 2.22. The highest BCUT2D eigenvalue weighted by atomic mass is 16.5. The van der Waals surface area contributed by atoms with Gasteiger partial charge in [-0.05, 0) is 24.3 Å². The van der Waals surface area contributed by atoms with Crippen LogP contribution < -0.4 is 0 Å². The van der Waals surface area contributed by atoms with Crippen molar-refractivity contribution in [2.45, 2.75) is 12.8 Å². The molecule has 0 radical (unpaired) electrons. The number of esters is 1. The van der Waals surface area contributed by atoms with Crippen LogP contribution in [0, 0.1) is 11.3 Å². The molecule has 2 heterocycles. The van der Waals surface area contributed by atoms with E-state index in [1.165, 1.54) is 0 Å². The second kappa shape index (κ2) is 8.09. The van der Waals surface area contributed by atoms with E-state index in [2.05, 4.69) is 9.97 Å². The van der Waals surface area contributed by atoms with E-state index in [1.54, 1.807) is 17.7 Å². The first-order valence-electron chi connectivity index (χ1n) is 9.31. The number of fused-ring (bicyclic) bond motifs is 2. The minimum Gasteiger partial charge on any atom is -0.507 e. The summed E-state index contributed by atoms with van der Waals surface area (Å²) in [7, 11) is 1.75. The number of aliphatic hydroxyl groups is 1. The molecule has 0 fully saturated rings. The first-order valence-corrected chi connectivity index (χ1v) is 9.31. The van der Waals surface area contributed by atoms with Crippen molar-refractivity contribution in [2.24, 2.45) is 7.05 Å². The Bertz CT molecular complexity index is 1280. The van der Waals surface area contributed by atoms with Gasteiger partial charge in [0.2, 0.25) is 0 Å². The molecule has 2 aromatic carbocycles. The maximum Gasteiger partial charge on any atom is 0.306 e. The number of nitriles is 1. The Morgan fingerprint density at radius 2 is 1.90 bits per heavy atom. The maximum absolute atomic E-state index is 12.1. The molecule has 0 aliphatic heterocycles. The van der Waals surface area contributed by atoms with Crippen LogP contribution in [0.5, 0.6) is 0 Å². The lowest BCUT2D eigenvalue weighted by atomic mass is 10.2. The third-order valence-corrected chi connectivity index (χ3v) is 4.66. The molecule has 0 amide bonds. The lowest BCUT2D eigenvalue weighted by molar-refractivity contribution is -0.143. The lowest BCUT2D eigenvalue weighted by Crippen LogP contribution is -2.10. The first-order chi connectivity index (χ1) is 14.6. The van der Waals surface area contributed by atoms with Gasteiger partial charge in [-0.1, -0.05) is 24.3 Å². The summed E-state index contributed by atoms with van der Waals surface area (Å²) in [6.45, 7) is -0.418. The number of para-hydroxylation sites is 4. The highest BCUT2D eigenvalue weighted by molar-refractivity contribution is 5.84. The molecule has 4 aromatic rings. The van der Waals surface area contributed by atoms with Crippen molar-refractivity contribution in [3.63, 3.8) is 0 Å². The quantitative estimate of drug-likeness (QED) is 0.297. The number of ether oxygens (including phenoxy) is 1. The Hall–Kier alpha value is -4.12. The molecule has 150 valence electrons. The first kappa shape index (κ1) is 19.2. The predicted molar refractivity (Wildman–Crippen MR) is 109 cm³/mol. The molecule has 0 bridgehead atoms. The van der Waals surface area contributed by atoms with E-state index >= 15 is 0 Å². The van der Waals surface area contributed by atoms with Crippen LogP contribution in [0.25, 0.3) is 27.7 Å². The molecule has 0 aliphatic carbocycles. The number of rotatable bonds is 6. The number of carbonyl (C=O) groups excluding carboxylic acids is 1. The molecule has 2 aromatic heterocycles. The van der Waals surface area contributed by atoms with E-state index < -0.39 is 12.6 Å². The van der Waals surface area contributed by atoms with E-state index in [0.29, 0.717) is 22.8 Å². The molecule has 1 N–H and O–H groups in total. The van der Waals surface area contributed by atoms with Crippen molar-refractivity contribution in [1.29, 1.82) is 5.26 Å². The fraction of sp³-hybridized carbons (Fsp3) is 0.182. The van der Waals surface area contributed by atoms with Crippen LogP contribution in [0.3, 0.4) is 0 Å². The minimum atomic E-state index is -0.536. The zero-order valence-corrected chi connectivity index (χ0v) is 16.2. The number of imidazole rings is 1. The fourth-order valence-electron chi connectivity index (χ4n) is 3.14. The third kappa shape index (κ3) is 3.73. The molecule has 0 spiro atoms. The average molecular weight is 402 g/mol. The number of nitrogens with zero attached hydrogens (tertiary/aromatic N) is 4. The lowest BCUT2D eigenvalue weighted by Gasteiger charge is -2.06. The minimum absolute atomic E-state index is 0.0360. The number of aromatic nitrogens is 3. The topological polar surface area (TPSA) is 114 Å². The standard InChI is InChI=1S/C22H18N4O4/c1-26-17-8-4-2-6-15(17)25-22(26)14(12-23)18(27)13-29-21(28)11-10-20-24-16-7-3-5-9-19(16)30-20/h2-9,27H,10-11,13H2,1H3/b18-14-. The van der Waals surface area contributed by atoms with Gasteiger partial charge in [0.1, 0.15) is 23.8 Å². The molecule has 0 saturated carbocycles. The highest BCUT2D eigenvalue weighted by Gasteiger charge is 2.18. The van der Waals surface area contributed by atoms with Crippen LogP contribution in [-0.2, 0) is 23.0 Å². The summed E-state index contributed by atoms with van der Waals surface area (Å²) in [4.78, 5) is 20.8. The van der Waals surface area contributed by atoms with Crippen molar-refractivity contribution in [1.82, 2.24) is 14.5 Å². The molecule has 30 heavy (non-hydrogen) atoms. The summed E-state index contributed by atoms with van der Waals surface area (Å²) < 4.78 is 12.4. The Kier molecular flexibility index (Phi) is 5.18. The molecule has 4 rings (SSSR count). The van der Waals surface area contributed by atoms with E-state index in [1.807, 2.05) is 48.5 Å². The number of hydrogen-bond donors (Lipinski definition) is 1. The summed E-state index contributed by atoms with van der Waals surface area (Å²) in [6.07, 6.45) is 0.308. The van der Waals surface area contributed by atoms with Crippen LogP contribution in [0.1, 0.15) is 18.1 Å². The molecule has 0 atom stereocenters. The van der Waals surface area contributed by atoms with Gasteiger partial charge in [-0.15, -0.1) is 0 Å². The van der Waals surface area contributed by atoms with Gasteiger partial charge < -0.3 is 18.8 Å². The SMILES string of the molecule is Cn1c(/C(C#N)=C(\O)COC(=O)CCc2nc3ccccc3o2)nc2ccccc21. The van der Waals surface area contributed by atoms with Crippen LogP contribution in [0.15, 0.2) is 58.7 Å². The Balaban J connectivity index is 1.42. The van der Waals surface area contributed by atoms with E-state index in [-0.39, 0.29) is 24.2 Å². The average Bonchev–Trinajstić information content (AvgIpc) is 3.32. The van der Waals surface area contributed by atoms with Crippen molar-refractivity contribution >= 4 is 33.7 Å². The number of aryl methyl sites for hydroxylation is 2. The molecule has 0 unspecified atom stereocenters. The van der Waals surface area contributed by atoms with Crippen LogP contribution >= 0.6 is 0 Å². The molecule has 8 heteroatoms. The van der Waals surface area contributed by atoms with E-state index in [0.717, 1.165) is 11.0 Å². The van der Waals surface area contributed by atoms with Crippen molar-refractivity contribution in [2.75, 3.05) is 6.61 Å². The smallest absolute Gasteiger partial charge is 0.306 e. The summed E-state index contributed by atoms with van der Waals surface area (Å²) in [5.41, 5.74) is 2.86. The Labute approximate surface area is 171 Å². The molecule has 0 aliphatic rings. The monoisotopic (exact) mass is 402 g/mol. The largest absolute Gasteiger partial charge is 0.507 e.